The molecule has 0 aliphatic rings. The highest BCUT2D eigenvalue weighted by Gasteiger charge is 2.08. The number of urea groups is 2. The van der Waals surface area contributed by atoms with Crippen LogP contribution >= 0.6 is 31.9 Å². The lowest BCUT2D eigenvalue weighted by molar-refractivity contribution is 0.251. The fourth-order valence-electron chi connectivity index (χ4n) is 2.50. The lowest BCUT2D eigenvalue weighted by Gasteiger charge is -2.13. The summed E-state index contributed by atoms with van der Waals surface area (Å²) in [6, 6.07) is 21.2. The number of rotatable bonds is 5. The molecule has 3 aromatic carbocycles. The van der Waals surface area contributed by atoms with Crippen LogP contribution in [0.25, 0.3) is 0 Å². The summed E-state index contributed by atoms with van der Waals surface area (Å²) in [5.41, 5.74) is 2.76. The van der Waals surface area contributed by atoms with Gasteiger partial charge in [0, 0.05) is 32.6 Å². The van der Waals surface area contributed by atoms with Gasteiger partial charge in [-0.05, 0) is 60.2 Å². The molecule has 3 aromatic rings. The van der Waals surface area contributed by atoms with Gasteiger partial charge in [-0.1, -0.05) is 50.1 Å². The van der Waals surface area contributed by atoms with Crippen LogP contribution in [0.15, 0.2) is 81.7 Å². The zero-order valence-electron chi connectivity index (χ0n) is 15.2. The van der Waals surface area contributed by atoms with Gasteiger partial charge in [0.2, 0.25) is 0 Å². The molecule has 29 heavy (non-hydrogen) atoms. The molecule has 4 amide bonds. The van der Waals surface area contributed by atoms with E-state index >= 15 is 0 Å². The summed E-state index contributed by atoms with van der Waals surface area (Å²) in [5.74, 6) is 0. The molecule has 0 spiro atoms. The molecular weight excluding hydrogens is 500 g/mol. The third kappa shape index (κ3) is 6.62. The summed E-state index contributed by atoms with van der Waals surface area (Å²) in [6.45, 7) is 0.261. The number of hydrogen-bond acceptors (Lipinski definition) is 2. The SMILES string of the molecule is O=C(NCc1ccccc1NC(=O)Nc1ccc(Br)cc1)Nc1ccc(Br)cc1. The summed E-state index contributed by atoms with van der Waals surface area (Å²) >= 11 is 6.71. The topological polar surface area (TPSA) is 82.3 Å². The molecule has 0 atom stereocenters. The monoisotopic (exact) mass is 516 g/mol. The predicted molar refractivity (Wildman–Crippen MR) is 123 cm³/mol. The van der Waals surface area contributed by atoms with Gasteiger partial charge < -0.3 is 21.3 Å². The number of para-hydroxylation sites is 1. The summed E-state index contributed by atoms with van der Waals surface area (Å²) in [4.78, 5) is 24.4. The number of carbonyl (C=O) groups is 2. The first-order valence-corrected chi connectivity index (χ1v) is 10.3. The summed E-state index contributed by atoms with van der Waals surface area (Å²) in [7, 11) is 0. The largest absolute Gasteiger partial charge is 0.334 e. The molecule has 0 saturated heterocycles. The van der Waals surface area contributed by atoms with Crippen molar-refractivity contribution in [3.8, 4) is 0 Å². The number of nitrogens with one attached hydrogen (secondary N) is 4. The van der Waals surface area contributed by atoms with Crippen molar-refractivity contribution in [3.63, 3.8) is 0 Å². The molecule has 0 bridgehead atoms. The van der Waals surface area contributed by atoms with Crippen LogP contribution in [0.5, 0.6) is 0 Å². The Bertz CT molecular complexity index is 992. The van der Waals surface area contributed by atoms with Gasteiger partial charge in [-0.3, -0.25) is 0 Å². The van der Waals surface area contributed by atoms with Crippen molar-refractivity contribution in [2.45, 2.75) is 6.54 Å². The van der Waals surface area contributed by atoms with Crippen molar-refractivity contribution in [1.29, 1.82) is 0 Å². The molecule has 0 radical (unpaired) electrons. The van der Waals surface area contributed by atoms with Crippen LogP contribution in [0.3, 0.4) is 0 Å². The summed E-state index contributed by atoms with van der Waals surface area (Å²) < 4.78 is 1.87. The Hall–Kier alpha value is -2.84. The van der Waals surface area contributed by atoms with Gasteiger partial charge >= 0.3 is 12.1 Å². The number of amides is 4. The molecular formula is C21H18Br2N4O2. The van der Waals surface area contributed by atoms with Crippen LogP contribution in [0, 0.1) is 0 Å². The number of carbonyl (C=O) groups excluding carboxylic acids is 2. The molecule has 3 rings (SSSR count). The Labute approximate surface area is 185 Å². The van der Waals surface area contributed by atoms with E-state index in [0.29, 0.717) is 17.1 Å². The lowest BCUT2D eigenvalue weighted by atomic mass is 10.2. The fourth-order valence-corrected chi connectivity index (χ4v) is 3.03. The molecule has 8 heteroatoms. The highest BCUT2D eigenvalue weighted by atomic mass is 79.9. The molecule has 0 fully saturated rings. The smallest absolute Gasteiger partial charge is 0.323 e. The Morgan fingerprint density at radius 2 is 1.17 bits per heavy atom. The first kappa shape index (κ1) is 20.9. The van der Waals surface area contributed by atoms with E-state index in [9.17, 15) is 9.59 Å². The van der Waals surface area contributed by atoms with Crippen LogP contribution < -0.4 is 21.3 Å². The standard InChI is InChI=1S/C21H18Br2N4O2/c22-15-5-9-17(10-6-15)25-20(28)24-13-14-3-1-2-4-19(14)27-21(29)26-18-11-7-16(23)8-12-18/h1-12H,13H2,(H2,24,25,28)(H2,26,27,29). The molecule has 0 saturated carbocycles. The van der Waals surface area contributed by atoms with E-state index in [1.807, 2.05) is 42.5 Å². The normalized spacial score (nSPS) is 10.1. The van der Waals surface area contributed by atoms with Gasteiger partial charge in [-0.25, -0.2) is 9.59 Å². The third-order valence-electron chi connectivity index (χ3n) is 3.91. The minimum atomic E-state index is -0.362. The van der Waals surface area contributed by atoms with E-state index in [0.717, 1.165) is 14.5 Å². The second-order valence-corrected chi connectivity index (χ2v) is 7.89. The molecule has 0 heterocycles. The predicted octanol–water partition coefficient (Wildman–Crippen LogP) is 6.18. The molecule has 0 unspecified atom stereocenters. The minimum Gasteiger partial charge on any atom is -0.334 e. The molecule has 148 valence electrons. The number of benzene rings is 3. The van der Waals surface area contributed by atoms with E-state index < -0.39 is 0 Å². The summed E-state index contributed by atoms with van der Waals surface area (Å²) in [6.07, 6.45) is 0. The second kappa shape index (κ2) is 10.1. The quantitative estimate of drug-likeness (QED) is 0.326. The van der Waals surface area contributed by atoms with Gasteiger partial charge in [0.1, 0.15) is 0 Å². The maximum atomic E-state index is 12.3. The number of hydrogen-bond donors (Lipinski definition) is 4. The maximum absolute atomic E-state index is 12.3. The van der Waals surface area contributed by atoms with Crippen LogP contribution in [-0.2, 0) is 6.54 Å². The molecule has 0 aliphatic carbocycles. The van der Waals surface area contributed by atoms with Gasteiger partial charge in [0.15, 0.2) is 0 Å². The van der Waals surface area contributed by atoms with Crippen LogP contribution in [-0.4, -0.2) is 12.1 Å². The van der Waals surface area contributed by atoms with Crippen LogP contribution in [0.1, 0.15) is 5.56 Å². The first-order chi connectivity index (χ1) is 14.0. The van der Waals surface area contributed by atoms with Crippen LogP contribution in [0.2, 0.25) is 0 Å². The zero-order chi connectivity index (χ0) is 20.6. The van der Waals surface area contributed by atoms with Crippen molar-refractivity contribution in [2.24, 2.45) is 0 Å². The van der Waals surface area contributed by atoms with Crippen molar-refractivity contribution < 1.29 is 9.59 Å². The van der Waals surface area contributed by atoms with Crippen molar-refractivity contribution >= 4 is 61.0 Å². The van der Waals surface area contributed by atoms with Gasteiger partial charge in [0.05, 0.1) is 0 Å². The van der Waals surface area contributed by atoms with Gasteiger partial charge in [0.25, 0.3) is 0 Å². The molecule has 0 aromatic heterocycles. The van der Waals surface area contributed by atoms with E-state index in [2.05, 4.69) is 53.1 Å². The first-order valence-electron chi connectivity index (χ1n) is 8.71. The van der Waals surface area contributed by atoms with Gasteiger partial charge in [-0.15, -0.1) is 0 Å². The fraction of sp³-hybridized carbons (Fsp3) is 0.0476. The minimum absolute atomic E-state index is 0.261. The molecule has 0 aliphatic heterocycles. The van der Waals surface area contributed by atoms with E-state index in [1.165, 1.54) is 0 Å². The third-order valence-corrected chi connectivity index (χ3v) is 4.97. The Morgan fingerprint density at radius 1 is 0.655 bits per heavy atom. The molecule has 4 N–H and O–H groups in total. The number of anilines is 3. The lowest BCUT2D eigenvalue weighted by Crippen LogP contribution is -2.29. The zero-order valence-corrected chi connectivity index (χ0v) is 18.4. The highest BCUT2D eigenvalue weighted by molar-refractivity contribution is 9.10. The Morgan fingerprint density at radius 3 is 1.76 bits per heavy atom. The number of halogens is 2. The average Bonchev–Trinajstić information content (AvgIpc) is 2.71. The highest BCUT2D eigenvalue weighted by Crippen LogP contribution is 2.18. The van der Waals surface area contributed by atoms with E-state index in [-0.39, 0.29) is 18.6 Å². The second-order valence-electron chi connectivity index (χ2n) is 6.06. The van der Waals surface area contributed by atoms with Crippen molar-refractivity contribution in [3.05, 3.63) is 87.3 Å². The summed E-state index contributed by atoms with van der Waals surface area (Å²) in [5, 5.41) is 11.1. The van der Waals surface area contributed by atoms with Gasteiger partial charge in [-0.2, -0.15) is 0 Å². The van der Waals surface area contributed by atoms with Crippen molar-refractivity contribution in [2.75, 3.05) is 16.0 Å². The average molecular weight is 518 g/mol. The molecule has 6 nitrogen and oxygen atoms in total. The van der Waals surface area contributed by atoms with E-state index in [1.54, 1.807) is 30.3 Å². The van der Waals surface area contributed by atoms with Crippen molar-refractivity contribution in [1.82, 2.24) is 5.32 Å². The van der Waals surface area contributed by atoms with Crippen LogP contribution in [0.4, 0.5) is 26.7 Å². The Kier molecular flexibility index (Phi) is 7.26. The van der Waals surface area contributed by atoms with E-state index in [4.69, 9.17) is 0 Å². The Balaban J connectivity index is 1.56. The maximum Gasteiger partial charge on any atom is 0.323 e.